The number of ether oxygens (including phenoxy) is 1. The number of nitrogens with zero attached hydrogens (tertiary/aromatic N) is 2. The second-order valence-corrected chi connectivity index (χ2v) is 9.50. The summed E-state index contributed by atoms with van der Waals surface area (Å²) < 4.78 is 7.67. The fourth-order valence-electron chi connectivity index (χ4n) is 2.96. The molecular weight excluding hydrogens is 594 g/mol. The normalized spacial score (nSPS) is 18.7. The second kappa shape index (κ2) is 9.12. The van der Waals surface area contributed by atoms with Crippen molar-refractivity contribution in [1.29, 1.82) is 0 Å². The molecule has 2 saturated heterocycles. The van der Waals surface area contributed by atoms with Crippen LogP contribution in [-0.4, -0.2) is 53.1 Å². The highest BCUT2D eigenvalue weighted by Gasteiger charge is 2.37. The number of carbonyl (C=O) groups is 3. The van der Waals surface area contributed by atoms with Gasteiger partial charge in [-0.05, 0) is 94.9 Å². The minimum Gasteiger partial charge on any atom is -0.492 e. The first-order valence-electron chi connectivity index (χ1n) is 8.55. The topological polar surface area (TPSA) is 66.9 Å². The molecule has 0 N–H and O–H groups in total. The van der Waals surface area contributed by atoms with Crippen LogP contribution in [0.5, 0.6) is 5.75 Å². The first-order chi connectivity index (χ1) is 12.9. The van der Waals surface area contributed by atoms with Crippen LogP contribution < -0.4 is 4.74 Å². The number of likely N-dealkylation sites (tertiary alicyclic amines) is 1. The molecule has 0 radical (unpaired) electrons. The van der Waals surface area contributed by atoms with Crippen molar-refractivity contribution in [3.8, 4) is 5.75 Å². The highest BCUT2D eigenvalue weighted by molar-refractivity contribution is 14.1. The summed E-state index contributed by atoms with van der Waals surface area (Å²) in [6.45, 7) is 3.61. The highest BCUT2D eigenvalue weighted by atomic mass is 127. The molecule has 0 atom stereocenters. The van der Waals surface area contributed by atoms with Crippen molar-refractivity contribution in [3.05, 3.63) is 29.7 Å². The molecule has 3 rings (SSSR count). The molecule has 0 saturated carbocycles. The van der Waals surface area contributed by atoms with E-state index < -0.39 is 11.1 Å². The van der Waals surface area contributed by atoms with E-state index in [1.54, 1.807) is 11.0 Å². The van der Waals surface area contributed by atoms with Gasteiger partial charge in [0.15, 0.2) is 0 Å². The van der Waals surface area contributed by atoms with E-state index >= 15 is 0 Å². The standard InChI is InChI=1S/C18H18I2N2O4S/c1-2-26-16-11(7-12(19)9-13(16)20)8-14-17(24)22(18(25)27-14)10-15(23)21-5-3-4-6-21/h7-9H,2-6,10H2,1H3/b14-8-. The number of hydrogen-bond donors (Lipinski definition) is 0. The quantitative estimate of drug-likeness (QED) is 0.373. The van der Waals surface area contributed by atoms with Crippen LogP contribution in [0.3, 0.4) is 0 Å². The van der Waals surface area contributed by atoms with E-state index in [1.165, 1.54) is 0 Å². The zero-order valence-electron chi connectivity index (χ0n) is 14.7. The molecule has 0 spiro atoms. The molecule has 0 aliphatic carbocycles. The van der Waals surface area contributed by atoms with Crippen molar-refractivity contribution in [2.75, 3.05) is 26.2 Å². The molecule has 3 amide bonds. The molecule has 27 heavy (non-hydrogen) atoms. The summed E-state index contributed by atoms with van der Waals surface area (Å²) in [5.74, 6) is 0.0992. The lowest BCUT2D eigenvalue weighted by Crippen LogP contribution is -2.40. The van der Waals surface area contributed by atoms with Gasteiger partial charge in [0.25, 0.3) is 11.1 Å². The Labute approximate surface area is 189 Å². The van der Waals surface area contributed by atoms with Crippen molar-refractivity contribution >= 4 is 80.1 Å². The lowest BCUT2D eigenvalue weighted by molar-refractivity contribution is -0.135. The molecule has 144 valence electrons. The average molecular weight is 612 g/mol. The van der Waals surface area contributed by atoms with Crippen LogP contribution in [0.4, 0.5) is 4.79 Å². The van der Waals surface area contributed by atoms with Crippen LogP contribution in [0.2, 0.25) is 0 Å². The minimum atomic E-state index is -0.422. The molecule has 2 heterocycles. The minimum absolute atomic E-state index is 0.171. The molecule has 0 aromatic heterocycles. The molecule has 0 bridgehead atoms. The van der Waals surface area contributed by atoms with Crippen molar-refractivity contribution in [2.24, 2.45) is 0 Å². The van der Waals surface area contributed by atoms with Gasteiger partial charge in [-0.2, -0.15) is 0 Å². The smallest absolute Gasteiger partial charge is 0.294 e. The zero-order valence-corrected chi connectivity index (χ0v) is 19.8. The summed E-state index contributed by atoms with van der Waals surface area (Å²) in [6.07, 6.45) is 3.62. The molecule has 0 unspecified atom stereocenters. The van der Waals surface area contributed by atoms with Gasteiger partial charge >= 0.3 is 0 Å². The number of imide groups is 1. The molecule has 1 aromatic rings. The fraction of sp³-hybridized carbons (Fsp3) is 0.389. The maximum absolute atomic E-state index is 12.7. The van der Waals surface area contributed by atoms with Gasteiger partial charge in [-0.1, -0.05) is 0 Å². The summed E-state index contributed by atoms with van der Waals surface area (Å²) >= 11 is 5.27. The third kappa shape index (κ3) is 4.78. The number of benzene rings is 1. The summed E-state index contributed by atoms with van der Waals surface area (Å²) in [4.78, 5) is 40.4. The van der Waals surface area contributed by atoms with E-state index in [1.807, 2.05) is 19.1 Å². The van der Waals surface area contributed by atoms with E-state index in [0.29, 0.717) is 30.4 Å². The average Bonchev–Trinajstić information content (AvgIpc) is 3.23. The molecule has 2 aliphatic rings. The Morgan fingerprint density at radius 3 is 2.63 bits per heavy atom. The van der Waals surface area contributed by atoms with Crippen LogP contribution in [0.25, 0.3) is 6.08 Å². The predicted octanol–water partition coefficient (Wildman–Crippen LogP) is 3.95. The number of hydrogen-bond acceptors (Lipinski definition) is 5. The number of rotatable bonds is 5. The summed E-state index contributed by atoms with van der Waals surface area (Å²) in [7, 11) is 0. The van der Waals surface area contributed by atoms with Crippen LogP contribution in [0.1, 0.15) is 25.3 Å². The number of amides is 3. The van der Waals surface area contributed by atoms with E-state index in [-0.39, 0.29) is 12.5 Å². The molecule has 2 fully saturated rings. The molecule has 1 aromatic carbocycles. The van der Waals surface area contributed by atoms with Gasteiger partial charge in [-0.15, -0.1) is 0 Å². The Bertz CT molecular complexity index is 822. The lowest BCUT2D eigenvalue weighted by Gasteiger charge is -2.18. The Kier molecular flexibility index (Phi) is 7.06. The third-order valence-corrected chi connectivity index (χ3v) is 6.57. The fourth-order valence-corrected chi connectivity index (χ4v) is 5.84. The summed E-state index contributed by atoms with van der Waals surface area (Å²) in [5, 5.41) is -0.405. The summed E-state index contributed by atoms with van der Waals surface area (Å²) in [6, 6.07) is 3.90. The number of halogens is 2. The van der Waals surface area contributed by atoms with Crippen LogP contribution in [0, 0.1) is 7.14 Å². The van der Waals surface area contributed by atoms with E-state index in [9.17, 15) is 14.4 Å². The van der Waals surface area contributed by atoms with E-state index in [0.717, 1.165) is 42.2 Å². The molecular formula is C18H18I2N2O4S. The second-order valence-electron chi connectivity index (χ2n) is 6.09. The SMILES string of the molecule is CCOc1c(I)cc(I)cc1/C=C1\SC(=O)N(CC(=O)N2CCCC2)C1=O. The van der Waals surface area contributed by atoms with E-state index in [2.05, 4.69) is 45.2 Å². The summed E-state index contributed by atoms with van der Waals surface area (Å²) in [5.41, 5.74) is 0.754. The van der Waals surface area contributed by atoms with Crippen LogP contribution in [-0.2, 0) is 9.59 Å². The van der Waals surface area contributed by atoms with Crippen LogP contribution >= 0.6 is 56.9 Å². The zero-order chi connectivity index (χ0) is 19.6. The van der Waals surface area contributed by atoms with E-state index in [4.69, 9.17) is 4.74 Å². The van der Waals surface area contributed by atoms with Gasteiger partial charge in [0.2, 0.25) is 5.91 Å². The number of thioether (sulfide) groups is 1. The van der Waals surface area contributed by atoms with Crippen molar-refractivity contribution in [2.45, 2.75) is 19.8 Å². The van der Waals surface area contributed by atoms with Gasteiger partial charge in [-0.25, -0.2) is 0 Å². The lowest BCUT2D eigenvalue weighted by atomic mass is 10.2. The molecule has 6 nitrogen and oxygen atoms in total. The third-order valence-electron chi connectivity index (χ3n) is 4.24. The largest absolute Gasteiger partial charge is 0.492 e. The highest BCUT2D eigenvalue weighted by Crippen LogP contribution is 2.36. The Morgan fingerprint density at radius 1 is 1.26 bits per heavy atom. The van der Waals surface area contributed by atoms with Crippen LogP contribution in [0.15, 0.2) is 17.0 Å². The van der Waals surface area contributed by atoms with Crippen molar-refractivity contribution in [3.63, 3.8) is 0 Å². The van der Waals surface area contributed by atoms with Crippen molar-refractivity contribution in [1.82, 2.24) is 9.80 Å². The van der Waals surface area contributed by atoms with Gasteiger partial charge in [-0.3, -0.25) is 19.3 Å². The van der Waals surface area contributed by atoms with Gasteiger partial charge in [0, 0.05) is 22.2 Å². The molecule has 9 heteroatoms. The molecule has 2 aliphatic heterocycles. The Hall–Kier alpha value is -0.820. The maximum Gasteiger partial charge on any atom is 0.294 e. The first kappa shape index (κ1) is 20.9. The van der Waals surface area contributed by atoms with Gasteiger partial charge in [0.1, 0.15) is 12.3 Å². The first-order valence-corrected chi connectivity index (χ1v) is 11.5. The number of carbonyl (C=O) groups excluding carboxylic acids is 3. The van der Waals surface area contributed by atoms with Gasteiger partial charge < -0.3 is 9.64 Å². The monoisotopic (exact) mass is 612 g/mol. The predicted molar refractivity (Wildman–Crippen MR) is 122 cm³/mol. The van der Waals surface area contributed by atoms with Crippen molar-refractivity contribution < 1.29 is 19.1 Å². The Balaban J connectivity index is 1.83. The van der Waals surface area contributed by atoms with Gasteiger partial charge in [0.05, 0.1) is 15.1 Å². The Morgan fingerprint density at radius 2 is 1.96 bits per heavy atom. The maximum atomic E-state index is 12.7.